The van der Waals surface area contributed by atoms with Gasteiger partial charge in [-0.1, -0.05) is 23.5 Å². The molecule has 0 atom stereocenters. The van der Waals surface area contributed by atoms with E-state index < -0.39 is 0 Å². The first kappa shape index (κ1) is 18.0. The predicted molar refractivity (Wildman–Crippen MR) is 107 cm³/mol. The lowest BCUT2D eigenvalue weighted by atomic mass is 10.2. The van der Waals surface area contributed by atoms with Crippen LogP contribution < -0.4 is 9.80 Å². The number of carbonyl (C=O) groups is 1. The number of rotatable bonds is 7. The maximum Gasteiger partial charge on any atom is 0.270 e. The van der Waals surface area contributed by atoms with Gasteiger partial charge in [-0.05, 0) is 49.9 Å². The summed E-state index contributed by atoms with van der Waals surface area (Å²) in [6.45, 7) is 10.2. The zero-order valence-corrected chi connectivity index (χ0v) is 16.5. The molecular weight excluding hydrogens is 350 g/mol. The first-order valence-electron chi connectivity index (χ1n) is 8.68. The topological polar surface area (TPSA) is 37.6 Å². The fourth-order valence-electron chi connectivity index (χ4n) is 2.83. The molecule has 0 fully saturated rings. The number of thiophene rings is 1. The summed E-state index contributed by atoms with van der Waals surface area (Å²) in [5.74, 6) is 0.0531. The lowest BCUT2D eigenvalue weighted by Crippen LogP contribution is -3.12. The number of fused-ring (bicyclic) bond motifs is 1. The molecule has 0 saturated carbocycles. The number of aryl methyl sites for hydroxylation is 1. The summed E-state index contributed by atoms with van der Waals surface area (Å²) in [6, 6.07) is 10.1. The standard InChI is InChI=1S/C19H23N3OS2/c1-4-21(5-2)10-11-22(18(23)16-7-6-12-24-16)19-20-15-9-8-14(3)13-17(15)25-19/h6-9,12-13H,4-5,10-11H2,1-3H3/p+1. The molecule has 3 aromatic rings. The van der Waals surface area contributed by atoms with E-state index in [-0.39, 0.29) is 5.91 Å². The molecule has 0 unspecified atom stereocenters. The van der Waals surface area contributed by atoms with Crippen LogP contribution in [0.25, 0.3) is 10.2 Å². The number of hydrogen-bond donors (Lipinski definition) is 1. The third-order valence-corrected chi connectivity index (χ3v) is 6.33. The summed E-state index contributed by atoms with van der Waals surface area (Å²) < 4.78 is 1.13. The van der Waals surface area contributed by atoms with Gasteiger partial charge in [0.25, 0.3) is 5.91 Å². The second-order valence-electron chi connectivity index (χ2n) is 6.11. The van der Waals surface area contributed by atoms with Gasteiger partial charge in [-0.3, -0.25) is 9.69 Å². The summed E-state index contributed by atoms with van der Waals surface area (Å²) in [5.41, 5.74) is 2.18. The Morgan fingerprint density at radius 2 is 2.04 bits per heavy atom. The lowest BCUT2D eigenvalue weighted by Gasteiger charge is -2.22. The minimum Gasteiger partial charge on any atom is -0.334 e. The van der Waals surface area contributed by atoms with Crippen LogP contribution in [0.4, 0.5) is 5.13 Å². The SMILES string of the molecule is CC[NH+](CC)CCN(C(=O)c1cccs1)c1nc2ccc(C)cc2s1. The maximum atomic E-state index is 13.0. The molecule has 2 aromatic heterocycles. The summed E-state index contributed by atoms with van der Waals surface area (Å²) in [6.07, 6.45) is 0. The summed E-state index contributed by atoms with van der Waals surface area (Å²) in [7, 11) is 0. The molecule has 0 spiro atoms. The van der Waals surface area contributed by atoms with Crippen LogP contribution in [0.15, 0.2) is 35.7 Å². The zero-order valence-electron chi connectivity index (χ0n) is 14.9. The molecule has 1 aromatic carbocycles. The van der Waals surface area contributed by atoms with Gasteiger partial charge < -0.3 is 4.90 Å². The highest BCUT2D eigenvalue weighted by atomic mass is 32.1. The van der Waals surface area contributed by atoms with Crippen molar-refractivity contribution in [2.75, 3.05) is 31.1 Å². The first-order valence-corrected chi connectivity index (χ1v) is 10.4. The number of nitrogens with one attached hydrogen (secondary N) is 1. The van der Waals surface area contributed by atoms with Gasteiger partial charge in [0.2, 0.25) is 0 Å². The summed E-state index contributed by atoms with van der Waals surface area (Å²) >= 11 is 3.09. The van der Waals surface area contributed by atoms with Gasteiger partial charge in [0.15, 0.2) is 5.13 Å². The molecule has 0 bridgehead atoms. The fourth-order valence-corrected chi connectivity index (χ4v) is 4.59. The monoisotopic (exact) mass is 374 g/mol. The quantitative estimate of drug-likeness (QED) is 0.689. The molecule has 1 amide bonds. The molecule has 0 aliphatic carbocycles. The van der Waals surface area contributed by atoms with Gasteiger partial charge in [0, 0.05) is 0 Å². The number of quaternary nitrogens is 1. The zero-order chi connectivity index (χ0) is 17.8. The van der Waals surface area contributed by atoms with Crippen LogP contribution in [-0.2, 0) is 0 Å². The van der Waals surface area contributed by atoms with Gasteiger partial charge in [0.1, 0.15) is 0 Å². The number of aromatic nitrogens is 1. The van der Waals surface area contributed by atoms with Crippen molar-refractivity contribution in [1.29, 1.82) is 0 Å². The van der Waals surface area contributed by atoms with Gasteiger partial charge in [0.05, 0.1) is 41.3 Å². The number of likely N-dealkylation sites (N-methyl/N-ethyl adjacent to an activating group) is 1. The molecule has 0 aliphatic heterocycles. The van der Waals surface area contributed by atoms with Crippen LogP contribution in [-0.4, -0.2) is 37.1 Å². The Labute approximate surface area is 156 Å². The molecule has 2 heterocycles. The third kappa shape index (κ3) is 4.08. The minimum absolute atomic E-state index is 0.0531. The van der Waals surface area contributed by atoms with E-state index in [1.54, 1.807) is 11.3 Å². The molecule has 132 valence electrons. The van der Waals surface area contributed by atoms with Crippen LogP contribution in [0.3, 0.4) is 0 Å². The third-order valence-electron chi connectivity index (χ3n) is 4.43. The Kier molecular flexibility index (Phi) is 5.83. The molecule has 6 heteroatoms. The number of thiazole rings is 1. The van der Waals surface area contributed by atoms with Crippen LogP contribution >= 0.6 is 22.7 Å². The highest BCUT2D eigenvalue weighted by Crippen LogP contribution is 2.30. The van der Waals surface area contributed by atoms with Crippen molar-refractivity contribution < 1.29 is 9.69 Å². The number of nitrogens with zero attached hydrogens (tertiary/aromatic N) is 2. The van der Waals surface area contributed by atoms with Gasteiger partial charge in [-0.15, -0.1) is 11.3 Å². The number of benzene rings is 1. The van der Waals surface area contributed by atoms with E-state index in [0.717, 1.165) is 39.9 Å². The summed E-state index contributed by atoms with van der Waals surface area (Å²) in [4.78, 5) is 21.9. The molecule has 25 heavy (non-hydrogen) atoms. The molecule has 0 radical (unpaired) electrons. The second kappa shape index (κ2) is 8.08. The van der Waals surface area contributed by atoms with Gasteiger partial charge in [-0.2, -0.15) is 0 Å². The van der Waals surface area contributed by atoms with Crippen LogP contribution in [0.1, 0.15) is 29.1 Å². The Morgan fingerprint density at radius 3 is 2.72 bits per heavy atom. The smallest absolute Gasteiger partial charge is 0.270 e. The maximum absolute atomic E-state index is 13.0. The van der Waals surface area contributed by atoms with Crippen molar-refractivity contribution in [3.63, 3.8) is 0 Å². The Morgan fingerprint density at radius 1 is 1.24 bits per heavy atom. The van der Waals surface area contributed by atoms with E-state index in [0.29, 0.717) is 6.54 Å². The van der Waals surface area contributed by atoms with E-state index in [1.165, 1.54) is 21.8 Å². The Bertz CT molecular complexity index is 838. The van der Waals surface area contributed by atoms with Crippen molar-refractivity contribution in [1.82, 2.24) is 4.98 Å². The van der Waals surface area contributed by atoms with Crippen molar-refractivity contribution in [3.8, 4) is 0 Å². The van der Waals surface area contributed by atoms with Gasteiger partial charge in [-0.25, -0.2) is 4.98 Å². The number of hydrogen-bond acceptors (Lipinski definition) is 4. The predicted octanol–water partition coefficient (Wildman–Crippen LogP) is 3.24. The Hall–Kier alpha value is -1.76. The number of carbonyl (C=O) groups excluding carboxylic acids is 1. The van der Waals surface area contributed by atoms with Crippen molar-refractivity contribution in [3.05, 3.63) is 46.2 Å². The summed E-state index contributed by atoms with van der Waals surface area (Å²) in [5, 5.41) is 2.74. The average Bonchev–Trinajstić information content (AvgIpc) is 3.27. The van der Waals surface area contributed by atoms with Crippen molar-refractivity contribution in [2.45, 2.75) is 20.8 Å². The highest BCUT2D eigenvalue weighted by Gasteiger charge is 2.23. The normalized spacial score (nSPS) is 11.4. The van der Waals surface area contributed by atoms with Crippen LogP contribution in [0, 0.1) is 6.92 Å². The number of anilines is 1. The van der Waals surface area contributed by atoms with Crippen molar-refractivity contribution in [2.24, 2.45) is 0 Å². The Balaban J connectivity index is 1.92. The minimum atomic E-state index is 0.0531. The van der Waals surface area contributed by atoms with E-state index in [1.807, 2.05) is 28.5 Å². The van der Waals surface area contributed by atoms with Crippen LogP contribution in [0.5, 0.6) is 0 Å². The molecule has 0 saturated heterocycles. The van der Waals surface area contributed by atoms with E-state index in [2.05, 4.69) is 32.9 Å². The fraction of sp³-hybridized carbons (Fsp3) is 0.368. The molecule has 3 rings (SSSR count). The van der Waals surface area contributed by atoms with Gasteiger partial charge >= 0.3 is 0 Å². The van der Waals surface area contributed by atoms with Crippen molar-refractivity contribution >= 4 is 43.9 Å². The highest BCUT2D eigenvalue weighted by molar-refractivity contribution is 7.22. The lowest BCUT2D eigenvalue weighted by molar-refractivity contribution is -0.894. The molecule has 4 nitrogen and oxygen atoms in total. The molecule has 0 aliphatic rings. The van der Waals surface area contributed by atoms with E-state index >= 15 is 0 Å². The second-order valence-corrected chi connectivity index (χ2v) is 8.07. The van der Waals surface area contributed by atoms with E-state index in [4.69, 9.17) is 4.98 Å². The largest absolute Gasteiger partial charge is 0.334 e. The van der Waals surface area contributed by atoms with Crippen LogP contribution in [0.2, 0.25) is 0 Å². The first-order chi connectivity index (χ1) is 12.1. The number of amides is 1. The van der Waals surface area contributed by atoms with E-state index in [9.17, 15) is 4.79 Å². The average molecular weight is 375 g/mol. The molecule has 1 N–H and O–H groups in total. The molecular formula is C19H24N3OS2+.